The summed E-state index contributed by atoms with van der Waals surface area (Å²) in [4.78, 5) is 106. The standard InChI is InChI=1S/C47H66N14O18P2S4/c1-27-28-21-73-81(69,83)79-37-29(22-74-80(68,82)78-36(27)43(75-28)60-25-54-34-39(48)50-23-52-41(34)60)76-44(61-26-55-35-40(49)51-24-53-42(35)61)38(37)77-46(67)72-18-14-58(6)45(66)71-19-20-84-85-47(2,3)11-9-30(62)56(4)12-13-57(5)31(63)10-16-70-17-15-59-32(64)7-8-33(59)65/h7-8,23-29,36-38,43-44H,9-22H2,1-6H3,(H,68,82)(H,69,83)(H2,48,50,52)(H2,49,51,53)/t27-,28-,29-,36-,37-,38-,43-,44-,80-,81-/m1/s1. The minimum atomic E-state index is -4.48. The van der Waals surface area contributed by atoms with Crippen LogP contribution in [0.5, 0.6) is 0 Å². The zero-order valence-electron chi connectivity index (χ0n) is 47.0. The predicted molar refractivity (Wildman–Crippen MR) is 311 cm³/mol. The lowest BCUT2D eigenvalue weighted by Gasteiger charge is -2.27. The number of nitrogens with two attached hydrogens (primary N) is 2. The van der Waals surface area contributed by atoms with Gasteiger partial charge in [0.15, 0.2) is 41.5 Å². The SMILES string of the molecule is C[C@H]1[C@H]2O[P@](=O)(S)OC[C@H]3O[C@@H](n4cnc5c(N)ncnc54)[C@H](OC(=O)OCCN(C)C(=O)OCCSSC(C)(C)CCC(=O)N(C)CCN(C)C(=O)CCOCCN4C(=O)C=CC4=O)[C@@H]3O[P@](=O)(S)OC[C@H]1O[C@H]2n1cnc2c(N)ncnc21. The molecule has 38 heteroatoms. The van der Waals surface area contributed by atoms with Crippen LogP contribution in [0, 0.1) is 5.92 Å². The maximum Gasteiger partial charge on any atom is 0.508 e. The Bertz CT molecular complexity index is 3200. The Hall–Kier alpha value is -5.36. The molecule has 0 radical (unpaired) electrons. The van der Waals surface area contributed by atoms with Crippen molar-refractivity contribution in [1.29, 1.82) is 0 Å². The first-order chi connectivity index (χ1) is 40.3. The number of ether oxygens (including phenoxy) is 6. The molecule has 3 saturated heterocycles. The molecule has 0 unspecified atom stereocenters. The number of nitrogen functional groups attached to an aromatic ring is 2. The summed E-state index contributed by atoms with van der Waals surface area (Å²) < 4.78 is 89.7. The lowest BCUT2D eigenvalue weighted by Crippen LogP contribution is -2.39. The first-order valence-corrected chi connectivity index (χ1v) is 34.1. The van der Waals surface area contributed by atoms with Crippen molar-refractivity contribution in [2.45, 2.75) is 87.8 Å². The summed E-state index contributed by atoms with van der Waals surface area (Å²) in [6.45, 7) is -3.67. The van der Waals surface area contributed by atoms with Crippen LogP contribution >= 0.6 is 59.7 Å². The number of amides is 5. The van der Waals surface area contributed by atoms with Gasteiger partial charge in [0.05, 0.1) is 64.7 Å². The van der Waals surface area contributed by atoms with Crippen LogP contribution < -0.4 is 11.5 Å². The molecule has 4 aliphatic rings. The third kappa shape index (κ3) is 16.8. The molecule has 8 rings (SSSR count). The molecule has 4 aromatic heterocycles. The predicted octanol–water partition coefficient (Wildman–Crippen LogP) is 3.93. The van der Waals surface area contributed by atoms with Crippen molar-refractivity contribution >= 4 is 130 Å². The van der Waals surface area contributed by atoms with Crippen LogP contribution in [0.25, 0.3) is 22.3 Å². The summed E-state index contributed by atoms with van der Waals surface area (Å²) in [5, 5.41) is 0. The first kappa shape index (κ1) is 65.6. The second kappa shape index (κ2) is 28.6. The Kier molecular flexibility index (Phi) is 22.1. The molecule has 8 heterocycles. The third-order valence-electron chi connectivity index (χ3n) is 13.9. The summed E-state index contributed by atoms with van der Waals surface area (Å²) >= 11 is 8.61. The second-order valence-electron chi connectivity index (χ2n) is 20.4. The zero-order valence-corrected chi connectivity index (χ0v) is 52.2. The minimum Gasteiger partial charge on any atom is -0.449 e. The number of rotatable bonds is 23. The number of nitrogens with zero attached hydrogens (tertiary/aromatic N) is 12. The minimum absolute atomic E-state index is 0.0152. The van der Waals surface area contributed by atoms with E-state index in [9.17, 15) is 37.9 Å². The van der Waals surface area contributed by atoms with E-state index < -0.39 is 99.8 Å². The van der Waals surface area contributed by atoms with Crippen LogP contribution in [0.4, 0.5) is 21.2 Å². The molecule has 4 aromatic rings. The fraction of sp³-hybridized carbons (Fsp3) is 0.617. The van der Waals surface area contributed by atoms with Crippen LogP contribution in [-0.2, 0) is 74.8 Å². The topological polar surface area (TPSA) is 381 Å². The maximum atomic E-state index is 14.3. The molecule has 5 amide bonds. The highest BCUT2D eigenvalue weighted by molar-refractivity contribution is 8.77. The first-order valence-electron chi connectivity index (χ1n) is 26.4. The van der Waals surface area contributed by atoms with Gasteiger partial charge in [0, 0.05) is 69.2 Å². The molecule has 4 aliphatic heterocycles. The molecule has 3 fully saturated rings. The number of hydrogen-bond acceptors (Lipinski definition) is 28. The molecule has 85 heavy (non-hydrogen) atoms. The molecule has 0 saturated carbocycles. The molecule has 0 aliphatic carbocycles. The van der Waals surface area contributed by atoms with Crippen LogP contribution in [0.1, 0.15) is 52.5 Å². The number of carbonyl (C=O) groups excluding carboxylic acids is 6. The van der Waals surface area contributed by atoms with Crippen LogP contribution in [0.2, 0.25) is 0 Å². The van der Waals surface area contributed by atoms with Gasteiger partial charge in [-0.25, -0.2) is 48.6 Å². The maximum absolute atomic E-state index is 14.3. The van der Waals surface area contributed by atoms with Crippen molar-refractivity contribution < 1.29 is 84.4 Å². The van der Waals surface area contributed by atoms with Crippen molar-refractivity contribution in [3.63, 3.8) is 0 Å². The number of hydrogen-bond donors (Lipinski definition) is 4. The lowest BCUT2D eigenvalue weighted by atomic mass is 10.0. The fourth-order valence-electron chi connectivity index (χ4n) is 8.98. The van der Waals surface area contributed by atoms with Crippen LogP contribution in [0.3, 0.4) is 0 Å². The fourth-order valence-corrected chi connectivity index (χ4v) is 14.4. The molecule has 2 bridgehead atoms. The Morgan fingerprint density at radius 3 is 1.92 bits per heavy atom. The molecule has 0 spiro atoms. The Labute approximate surface area is 505 Å². The van der Waals surface area contributed by atoms with Gasteiger partial charge >= 0.3 is 25.8 Å². The van der Waals surface area contributed by atoms with Gasteiger partial charge in [-0.2, -0.15) is 0 Å². The average Bonchev–Trinajstić information content (AvgIpc) is 2.30. The van der Waals surface area contributed by atoms with E-state index in [4.69, 9.17) is 58.0 Å². The van der Waals surface area contributed by atoms with Gasteiger partial charge in [0.1, 0.15) is 55.2 Å². The van der Waals surface area contributed by atoms with Gasteiger partial charge in [-0.15, -0.1) is 0 Å². The summed E-state index contributed by atoms with van der Waals surface area (Å²) in [7, 11) is 7.77. The number of thiol groups is 2. The van der Waals surface area contributed by atoms with Gasteiger partial charge in [-0.05, 0) is 20.3 Å². The summed E-state index contributed by atoms with van der Waals surface area (Å²) in [5.41, 5.74) is 13.0. The van der Waals surface area contributed by atoms with Gasteiger partial charge in [0.25, 0.3) is 11.8 Å². The third-order valence-corrected chi connectivity index (χ3v) is 20.4. The van der Waals surface area contributed by atoms with E-state index in [-0.39, 0.29) is 103 Å². The molecule has 10 atom stereocenters. The highest BCUT2D eigenvalue weighted by Gasteiger charge is 2.55. The highest BCUT2D eigenvalue weighted by Crippen LogP contribution is 2.61. The van der Waals surface area contributed by atoms with Crippen molar-refractivity contribution in [1.82, 2.24) is 58.6 Å². The van der Waals surface area contributed by atoms with Crippen molar-refractivity contribution in [3.8, 4) is 0 Å². The van der Waals surface area contributed by atoms with E-state index in [1.165, 1.54) is 74.2 Å². The highest BCUT2D eigenvalue weighted by atomic mass is 33.1. The summed E-state index contributed by atoms with van der Waals surface area (Å²) in [6, 6.07) is 0. The Morgan fingerprint density at radius 2 is 1.29 bits per heavy atom. The number of imidazole rings is 2. The van der Waals surface area contributed by atoms with E-state index in [1.54, 1.807) is 36.7 Å². The molecule has 32 nitrogen and oxygen atoms in total. The molecule has 4 N–H and O–H groups in total. The normalized spacial score (nSPS) is 26.2. The zero-order chi connectivity index (χ0) is 61.4. The largest absolute Gasteiger partial charge is 0.508 e. The molecular weight excluding hydrogens is 1240 g/mol. The van der Waals surface area contributed by atoms with Crippen molar-refractivity contribution in [2.24, 2.45) is 5.92 Å². The number of anilines is 2. The monoisotopic (exact) mass is 1300 g/mol. The summed E-state index contributed by atoms with van der Waals surface area (Å²) in [5.74, 6) is -1.14. The average molecular weight is 1310 g/mol. The lowest BCUT2D eigenvalue weighted by molar-refractivity contribution is -0.138. The van der Waals surface area contributed by atoms with Gasteiger partial charge in [-0.1, -0.05) is 53.0 Å². The van der Waals surface area contributed by atoms with Crippen molar-refractivity contribution in [3.05, 3.63) is 37.5 Å². The van der Waals surface area contributed by atoms with Gasteiger partial charge in [0.2, 0.25) is 11.8 Å². The van der Waals surface area contributed by atoms with E-state index in [0.29, 0.717) is 25.3 Å². The number of imide groups is 1. The molecule has 0 aromatic carbocycles. The van der Waals surface area contributed by atoms with E-state index in [2.05, 4.69) is 54.4 Å². The Morgan fingerprint density at radius 1 is 0.729 bits per heavy atom. The molecule has 466 valence electrons. The smallest absolute Gasteiger partial charge is 0.449 e. The Balaban J connectivity index is 0.789. The van der Waals surface area contributed by atoms with Gasteiger partial charge in [-0.3, -0.25) is 51.3 Å². The van der Waals surface area contributed by atoms with Crippen LogP contribution in [0.15, 0.2) is 37.5 Å². The summed E-state index contributed by atoms with van der Waals surface area (Å²) in [6.07, 6.45) is -2.51. The van der Waals surface area contributed by atoms with Gasteiger partial charge < -0.3 is 54.6 Å². The second-order valence-corrected chi connectivity index (χ2v) is 29.2. The molecular formula is C47H66N14O18P2S4. The number of likely N-dealkylation sites (N-methyl/N-ethyl adjacent to an activating group) is 3. The number of aromatic nitrogens is 8. The van der Waals surface area contributed by atoms with E-state index >= 15 is 0 Å². The van der Waals surface area contributed by atoms with Crippen LogP contribution in [-0.4, -0.2) is 222 Å². The van der Waals surface area contributed by atoms with E-state index in [1.807, 2.05) is 13.8 Å². The number of carbonyl (C=O) groups is 6. The van der Waals surface area contributed by atoms with E-state index in [0.717, 1.165) is 4.90 Å². The quantitative estimate of drug-likeness (QED) is 0.0204. The van der Waals surface area contributed by atoms with Crippen molar-refractivity contribution in [2.75, 3.05) is 104 Å². The number of fused-ring (bicyclic) bond motifs is 5.